The second-order valence-electron chi connectivity index (χ2n) is 4.25. The van der Waals surface area contributed by atoms with Crippen molar-refractivity contribution in [3.63, 3.8) is 0 Å². The van der Waals surface area contributed by atoms with E-state index in [0.29, 0.717) is 0 Å². The predicted octanol–water partition coefficient (Wildman–Crippen LogP) is 2.50. The van der Waals surface area contributed by atoms with Crippen LogP contribution in [-0.2, 0) is 10.2 Å². The Hall–Kier alpha value is -0.830. The van der Waals surface area contributed by atoms with Gasteiger partial charge in [-0.25, -0.2) is 0 Å². The van der Waals surface area contributed by atoms with Gasteiger partial charge in [0, 0.05) is 4.88 Å². The molecule has 1 fully saturated rings. The molecule has 2 rings (SSSR count). The highest BCUT2D eigenvalue weighted by Crippen LogP contribution is 2.65. The molecule has 0 spiro atoms. The molecule has 1 aliphatic rings. The summed E-state index contributed by atoms with van der Waals surface area (Å²) in [7, 11) is 0. The minimum Gasteiger partial charge on any atom is -0.481 e. The molecule has 1 N–H and O–H groups in total. The number of thiophene rings is 1. The minimum atomic E-state index is -0.681. The Kier molecular flexibility index (Phi) is 1.58. The van der Waals surface area contributed by atoms with Gasteiger partial charge in [0.25, 0.3) is 0 Å². The Balaban J connectivity index is 2.45. The molecule has 2 nitrogen and oxygen atoms in total. The van der Waals surface area contributed by atoms with Crippen LogP contribution in [0.1, 0.15) is 25.1 Å². The van der Waals surface area contributed by atoms with Crippen LogP contribution in [0, 0.1) is 5.41 Å². The van der Waals surface area contributed by atoms with Gasteiger partial charge in [-0.15, -0.1) is 11.3 Å². The number of aliphatic carboxylic acids is 1. The molecule has 1 saturated carbocycles. The van der Waals surface area contributed by atoms with Gasteiger partial charge < -0.3 is 5.11 Å². The van der Waals surface area contributed by atoms with Gasteiger partial charge in [-0.05, 0) is 23.3 Å². The molecule has 0 saturated heterocycles. The highest BCUT2D eigenvalue weighted by Gasteiger charge is 2.68. The Morgan fingerprint density at radius 1 is 1.62 bits per heavy atom. The molecule has 0 bridgehead atoms. The van der Waals surface area contributed by atoms with Gasteiger partial charge in [-0.2, -0.15) is 0 Å². The van der Waals surface area contributed by atoms with Crippen LogP contribution in [0.25, 0.3) is 0 Å². The zero-order valence-electron chi connectivity index (χ0n) is 7.70. The molecular weight excluding hydrogens is 184 g/mol. The normalized spacial score (nSPS) is 30.0. The van der Waals surface area contributed by atoms with E-state index in [1.807, 2.05) is 31.4 Å². The average molecular weight is 196 g/mol. The number of carboxylic acids is 1. The molecule has 1 aromatic heterocycles. The van der Waals surface area contributed by atoms with E-state index >= 15 is 0 Å². The van der Waals surface area contributed by atoms with Crippen molar-refractivity contribution in [1.29, 1.82) is 0 Å². The maximum absolute atomic E-state index is 11.2. The third-order valence-electron chi connectivity index (χ3n) is 3.04. The van der Waals surface area contributed by atoms with E-state index in [0.717, 1.165) is 11.3 Å². The van der Waals surface area contributed by atoms with Gasteiger partial charge in [0.05, 0.1) is 0 Å². The first-order valence-electron chi connectivity index (χ1n) is 4.28. The van der Waals surface area contributed by atoms with E-state index in [1.165, 1.54) is 0 Å². The molecule has 0 aromatic carbocycles. The molecule has 3 heteroatoms. The van der Waals surface area contributed by atoms with Crippen LogP contribution in [0.5, 0.6) is 0 Å². The highest BCUT2D eigenvalue weighted by atomic mass is 32.1. The van der Waals surface area contributed by atoms with E-state index in [2.05, 4.69) is 0 Å². The Bertz CT molecular complexity index is 340. The maximum Gasteiger partial charge on any atom is 0.315 e. The fourth-order valence-electron chi connectivity index (χ4n) is 2.03. The van der Waals surface area contributed by atoms with E-state index in [-0.39, 0.29) is 5.41 Å². The van der Waals surface area contributed by atoms with Crippen LogP contribution in [0.15, 0.2) is 17.5 Å². The first-order valence-corrected chi connectivity index (χ1v) is 5.16. The lowest BCUT2D eigenvalue weighted by Crippen LogP contribution is -2.24. The zero-order valence-corrected chi connectivity index (χ0v) is 8.52. The van der Waals surface area contributed by atoms with Gasteiger partial charge in [0.2, 0.25) is 0 Å². The smallest absolute Gasteiger partial charge is 0.315 e. The van der Waals surface area contributed by atoms with E-state index in [4.69, 9.17) is 0 Å². The standard InChI is InChI=1S/C10H12O2S/c1-9(2)6-10(9,8(11)12)7-4-3-5-13-7/h3-5H,6H2,1-2H3,(H,11,12). The SMILES string of the molecule is CC1(C)CC1(C(=O)O)c1cccs1. The molecule has 0 aliphatic heterocycles. The summed E-state index contributed by atoms with van der Waals surface area (Å²) in [6.45, 7) is 4.03. The summed E-state index contributed by atoms with van der Waals surface area (Å²) >= 11 is 1.54. The fourth-order valence-corrected chi connectivity index (χ4v) is 3.13. The van der Waals surface area contributed by atoms with Crippen molar-refractivity contribution in [3.05, 3.63) is 22.4 Å². The Morgan fingerprint density at radius 3 is 2.54 bits per heavy atom. The van der Waals surface area contributed by atoms with Gasteiger partial charge in [-0.3, -0.25) is 4.79 Å². The van der Waals surface area contributed by atoms with Crippen molar-refractivity contribution in [2.24, 2.45) is 5.41 Å². The monoisotopic (exact) mass is 196 g/mol. The van der Waals surface area contributed by atoms with Crippen molar-refractivity contribution in [2.45, 2.75) is 25.7 Å². The van der Waals surface area contributed by atoms with Crippen LogP contribution in [0.2, 0.25) is 0 Å². The predicted molar refractivity (Wildman–Crippen MR) is 52.0 cm³/mol. The van der Waals surface area contributed by atoms with Crippen molar-refractivity contribution >= 4 is 17.3 Å². The maximum atomic E-state index is 11.2. The molecule has 1 aromatic rings. The second kappa shape index (κ2) is 2.35. The second-order valence-corrected chi connectivity index (χ2v) is 5.20. The van der Waals surface area contributed by atoms with Crippen LogP contribution >= 0.6 is 11.3 Å². The number of hydrogen-bond acceptors (Lipinski definition) is 2. The third-order valence-corrected chi connectivity index (χ3v) is 4.08. The molecule has 0 radical (unpaired) electrons. The first-order chi connectivity index (χ1) is 6.01. The van der Waals surface area contributed by atoms with Gasteiger partial charge in [0.1, 0.15) is 5.41 Å². The van der Waals surface area contributed by atoms with E-state index in [9.17, 15) is 9.90 Å². The average Bonchev–Trinajstić information content (AvgIpc) is 2.52. The summed E-state index contributed by atoms with van der Waals surface area (Å²) in [6, 6.07) is 3.84. The summed E-state index contributed by atoms with van der Waals surface area (Å²) in [5, 5.41) is 11.2. The molecule has 1 aliphatic carbocycles. The van der Waals surface area contributed by atoms with Gasteiger partial charge >= 0.3 is 5.97 Å². The third kappa shape index (κ3) is 0.967. The lowest BCUT2D eigenvalue weighted by molar-refractivity contribution is -0.140. The quantitative estimate of drug-likeness (QED) is 0.789. The topological polar surface area (TPSA) is 37.3 Å². The summed E-state index contributed by atoms with van der Waals surface area (Å²) in [4.78, 5) is 12.2. The van der Waals surface area contributed by atoms with E-state index in [1.54, 1.807) is 11.3 Å². The number of rotatable bonds is 2. The lowest BCUT2D eigenvalue weighted by Gasteiger charge is -2.13. The van der Waals surface area contributed by atoms with Crippen LogP contribution in [0.4, 0.5) is 0 Å². The Morgan fingerprint density at radius 2 is 2.23 bits per heavy atom. The number of hydrogen-bond donors (Lipinski definition) is 1. The van der Waals surface area contributed by atoms with Crippen molar-refractivity contribution in [1.82, 2.24) is 0 Å². The van der Waals surface area contributed by atoms with Crippen LogP contribution in [-0.4, -0.2) is 11.1 Å². The molecular formula is C10H12O2S. The van der Waals surface area contributed by atoms with Crippen LogP contribution < -0.4 is 0 Å². The molecule has 13 heavy (non-hydrogen) atoms. The van der Waals surface area contributed by atoms with Crippen molar-refractivity contribution in [3.8, 4) is 0 Å². The molecule has 70 valence electrons. The van der Waals surface area contributed by atoms with E-state index < -0.39 is 11.4 Å². The molecule has 1 unspecified atom stereocenters. The highest BCUT2D eigenvalue weighted by molar-refractivity contribution is 7.10. The van der Waals surface area contributed by atoms with Crippen LogP contribution in [0.3, 0.4) is 0 Å². The van der Waals surface area contributed by atoms with Crippen molar-refractivity contribution in [2.75, 3.05) is 0 Å². The van der Waals surface area contributed by atoms with Crippen molar-refractivity contribution < 1.29 is 9.90 Å². The summed E-state index contributed by atoms with van der Waals surface area (Å²) < 4.78 is 0. The molecule has 1 heterocycles. The largest absolute Gasteiger partial charge is 0.481 e. The molecule has 1 atom stereocenters. The first kappa shape index (κ1) is 8.75. The number of carboxylic acid groups (broad SMARTS) is 1. The fraction of sp³-hybridized carbons (Fsp3) is 0.500. The number of carbonyl (C=O) groups is 1. The van der Waals surface area contributed by atoms with Gasteiger partial charge in [0.15, 0.2) is 0 Å². The Labute approximate surface area is 81.2 Å². The van der Waals surface area contributed by atoms with Gasteiger partial charge in [-0.1, -0.05) is 19.9 Å². The lowest BCUT2D eigenvalue weighted by atomic mass is 9.94. The summed E-state index contributed by atoms with van der Waals surface area (Å²) in [5.74, 6) is -0.681. The zero-order chi connectivity index (χ0) is 9.69. The minimum absolute atomic E-state index is 0.0797. The molecule has 0 amide bonds. The summed E-state index contributed by atoms with van der Waals surface area (Å²) in [5.41, 5.74) is -0.676. The summed E-state index contributed by atoms with van der Waals surface area (Å²) in [6.07, 6.45) is 0.760.